The van der Waals surface area contributed by atoms with Gasteiger partial charge in [-0.25, -0.2) is 0 Å². The normalized spacial score (nSPS) is 19.1. The summed E-state index contributed by atoms with van der Waals surface area (Å²) in [6, 6.07) is 0. The molecule has 0 bridgehead atoms. The summed E-state index contributed by atoms with van der Waals surface area (Å²) in [5.41, 5.74) is 5.74. The molecule has 0 aromatic carbocycles. The molecule has 18 heavy (non-hydrogen) atoms. The van der Waals surface area contributed by atoms with Gasteiger partial charge in [-0.1, -0.05) is 11.3 Å². The molecule has 0 radical (unpaired) electrons. The first kappa shape index (κ1) is 11.8. The molecular formula is C9H10F3N5S. The van der Waals surface area contributed by atoms with Gasteiger partial charge in [0.25, 0.3) is 5.82 Å². The minimum absolute atomic E-state index is 0.153. The van der Waals surface area contributed by atoms with Crippen LogP contribution in [0.25, 0.3) is 4.96 Å². The van der Waals surface area contributed by atoms with Crippen molar-refractivity contribution in [2.75, 3.05) is 0 Å². The third kappa shape index (κ3) is 1.87. The number of fused-ring (bicyclic) bond motifs is 1. The molecule has 2 heterocycles. The molecule has 1 saturated carbocycles. The molecular weight excluding hydrogens is 267 g/mol. The molecule has 1 fully saturated rings. The van der Waals surface area contributed by atoms with E-state index < -0.39 is 12.0 Å². The highest BCUT2D eigenvalue weighted by Crippen LogP contribution is 2.34. The largest absolute Gasteiger partial charge is 0.453 e. The SMILES string of the molecule is NC1(Cc2nn3c(C(F)(F)F)nnc3s2)CCC1. The lowest BCUT2D eigenvalue weighted by Crippen LogP contribution is -2.48. The standard InChI is InChI=1S/C9H10F3N5S/c10-9(11,12)6-14-15-7-17(6)16-5(18-7)4-8(13)2-1-3-8/h1-4,13H2. The highest BCUT2D eigenvalue weighted by Gasteiger charge is 2.39. The second-order valence-corrected chi connectivity index (χ2v) is 5.64. The van der Waals surface area contributed by atoms with Crippen LogP contribution in [0, 0.1) is 0 Å². The fourth-order valence-corrected chi connectivity index (χ4v) is 3.00. The van der Waals surface area contributed by atoms with Crippen molar-refractivity contribution in [3.63, 3.8) is 0 Å². The molecule has 0 amide bonds. The minimum atomic E-state index is -4.54. The van der Waals surface area contributed by atoms with Crippen LogP contribution in [-0.4, -0.2) is 25.4 Å². The quantitative estimate of drug-likeness (QED) is 0.905. The molecule has 9 heteroatoms. The van der Waals surface area contributed by atoms with E-state index >= 15 is 0 Å². The van der Waals surface area contributed by atoms with Gasteiger partial charge in [0.1, 0.15) is 5.01 Å². The molecule has 2 aromatic rings. The lowest BCUT2D eigenvalue weighted by atomic mass is 9.75. The van der Waals surface area contributed by atoms with Crippen LogP contribution in [0.4, 0.5) is 13.2 Å². The Labute approximate surface area is 104 Å². The summed E-state index contributed by atoms with van der Waals surface area (Å²) in [6.07, 6.45) is -1.20. The maximum absolute atomic E-state index is 12.6. The van der Waals surface area contributed by atoms with Crippen LogP contribution >= 0.6 is 11.3 Å². The van der Waals surface area contributed by atoms with Gasteiger partial charge in [0, 0.05) is 12.0 Å². The average molecular weight is 277 g/mol. The number of halogens is 3. The van der Waals surface area contributed by atoms with Crippen LogP contribution in [0.3, 0.4) is 0 Å². The Balaban J connectivity index is 1.94. The molecule has 1 aliphatic carbocycles. The van der Waals surface area contributed by atoms with Crippen LogP contribution in [-0.2, 0) is 12.6 Å². The summed E-state index contributed by atoms with van der Waals surface area (Å²) in [7, 11) is 0. The van der Waals surface area contributed by atoms with E-state index in [9.17, 15) is 13.2 Å². The molecule has 1 aliphatic rings. The summed E-state index contributed by atoms with van der Waals surface area (Å²) >= 11 is 1.11. The highest BCUT2D eigenvalue weighted by atomic mass is 32.1. The zero-order chi connectivity index (χ0) is 13.0. The van der Waals surface area contributed by atoms with E-state index in [0.717, 1.165) is 35.1 Å². The summed E-state index contributed by atoms with van der Waals surface area (Å²) in [6.45, 7) is 0. The van der Waals surface area contributed by atoms with Crippen molar-refractivity contribution in [1.29, 1.82) is 0 Å². The van der Waals surface area contributed by atoms with Gasteiger partial charge in [0.2, 0.25) is 4.96 Å². The third-order valence-corrected chi connectivity index (χ3v) is 4.04. The lowest BCUT2D eigenvalue weighted by molar-refractivity contribution is -0.146. The Morgan fingerprint density at radius 3 is 2.61 bits per heavy atom. The summed E-state index contributed by atoms with van der Waals surface area (Å²) in [5.74, 6) is -1.08. The van der Waals surface area contributed by atoms with Crippen LogP contribution in [0.5, 0.6) is 0 Å². The fraction of sp³-hybridized carbons (Fsp3) is 0.667. The van der Waals surface area contributed by atoms with Crippen LogP contribution in [0.15, 0.2) is 0 Å². The highest BCUT2D eigenvalue weighted by molar-refractivity contribution is 7.16. The van der Waals surface area contributed by atoms with Gasteiger partial charge >= 0.3 is 6.18 Å². The topological polar surface area (TPSA) is 69.1 Å². The van der Waals surface area contributed by atoms with Gasteiger partial charge in [-0.2, -0.15) is 22.8 Å². The van der Waals surface area contributed by atoms with Crippen molar-refractivity contribution >= 4 is 16.3 Å². The molecule has 0 aliphatic heterocycles. The Morgan fingerprint density at radius 1 is 1.33 bits per heavy atom. The number of nitrogens with zero attached hydrogens (tertiary/aromatic N) is 4. The molecule has 3 rings (SSSR count). The van der Waals surface area contributed by atoms with Crippen LogP contribution in [0.1, 0.15) is 30.1 Å². The van der Waals surface area contributed by atoms with Crippen molar-refractivity contribution in [1.82, 2.24) is 19.8 Å². The predicted molar refractivity (Wildman–Crippen MR) is 58.1 cm³/mol. The number of alkyl halides is 3. The molecule has 2 N–H and O–H groups in total. The maximum Gasteiger partial charge on any atom is 0.453 e. The number of nitrogens with two attached hydrogens (primary N) is 1. The number of hydrogen-bond donors (Lipinski definition) is 1. The molecule has 2 aromatic heterocycles. The Bertz CT molecular complexity index is 583. The van der Waals surface area contributed by atoms with E-state index in [-0.39, 0.29) is 10.5 Å². The van der Waals surface area contributed by atoms with Crippen LogP contribution < -0.4 is 5.73 Å². The maximum atomic E-state index is 12.6. The zero-order valence-electron chi connectivity index (χ0n) is 9.24. The van der Waals surface area contributed by atoms with Gasteiger partial charge in [0.15, 0.2) is 0 Å². The molecule has 0 saturated heterocycles. The second kappa shape index (κ2) is 3.64. The van der Waals surface area contributed by atoms with E-state index in [4.69, 9.17) is 5.73 Å². The molecule has 5 nitrogen and oxygen atoms in total. The number of aromatic nitrogens is 4. The predicted octanol–water partition coefficient (Wildman–Crippen LogP) is 1.63. The second-order valence-electron chi connectivity index (χ2n) is 4.60. The first-order chi connectivity index (χ1) is 8.37. The fourth-order valence-electron chi connectivity index (χ4n) is 2.01. The van der Waals surface area contributed by atoms with Gasteiger partial charge in [-0.05, 0) is 19.3 Å². The van der Waals surface area contributed by atoms with Crippen molar-refractivity contribution in [2.45, 2.75) is 37.4 Å². The Morgan fingerprint density at radius 2 is 2.06 bits per heavy atom. The van der Waals surface area contributed by atoms with Crippen molar-refractivity contribution < 1.29 is 13.2 Å². The third-order valence-electron chi connectivity index (χ3n) is 3.14. The van der Waals surface area contributed by atoms with E-state index in [0.29, 0.717) is 11.4 Å². The van der Waals surface area contributed by atoms with Gasteiger partial charge in [0.05, 0.1) is 0 Å². The molecule has 0 spiro atoms. The Hall–Kier alpha value is -1.22. The van der Waals surface area contributed by atoms with E-state index in [2.05, 4.69) is 15.3 Å². The van der Waals surface area contributed by atoms with Gasteiger partial charge < -0.3 is 5.73 Å². The van der Waals surface area contributed by atoms with E-state index in [1.54, 1.807) is 0 Å². The van der Waals surface area contributed by atoms with E-state index in [1.165, 1.54) is 0 Å². The molecule has 0 atom stereocenters. The van der Waals surface area contributed by atoms with Gasteiger partial charge in [-0.15, -0.1) is 10.2 Å². The number of hydrogen-bond acceptors (Lipinski definition) is 5. The Kier molecular flexibility index (Phi) is 2.39. The molecule has 98 valence electrons. The van der Waals surface area contributed by atoms with Gasteiger partial charge in [-0.3, -0.25) is 0 Å². The first-order valence-corrected chi connectivity index (χ1v) is 6.26. The van der Waals surface area contributed by atoms with Crippen molar-refractivity contribution in [3.05, 3.63) is 10.8 Å². The average Bonchev–Trinajstić information content (AvgIpc) is 2.71. The monoisotopic (exact) mass is 277 g/mol. The number of rotatable bonds is 2. The minimum Gasteiger partial charge on any atom is -0.325 e. The smallest absolute Gasteiger partial charge is 0.325 e. The van der Waals surface area contributed by atoms with Crippen molar-refractivity contribution in [3.8, 4) is 0 Å². The van der Waals surface area contributed by atoms with Crippen LogP contribution in [0.2, 0.25) is 0 Å². The summed E-state index contributed by atoms with van der Waals surface area (Å²) in [4.78, 5) is 0.153. The summed E-state index contributed by atoms with van der Waals surface area (Å²) in [5, 5.41) is 11.1. The van der Waals surface area contributed by atoms with Crippen molar-refractivity contribution in [2.24, 2.45) is 5.73 Å². The van der Waals surface area contributed by atoms with E-state index in [1.807, 2.05) is 0 Å². The lowest BCUT2D eigenvalue weighted by Gasteiger charge is -2.37. The zero-order valence-corrected chi connectivity index (χ0v) is 10.1. The summed E-state index contributed by atoms with van der Waals surface area (Å²) < 4.78 is 38.5. The first-order valence-electron chi connectivity index (χ1n) is 5.45. The molecule has 0 unspecified atom stereocenters.